The van der Waals surface area contributed by atoms with Gasteiger partial charge in [-0.05, 0) is 13.8 Å². The van der Waals surface area contributed by atoms with Crippen molar-refractivity contribution in [3.63, 3.8) is 0 Å². The number of aliphatic hydroxyl groups is 1. The van der Waals surface area contributed by atoms with Gasteiger partial charge in [-0.3, -0.25) is 4.79 Å². The lowest BCUT2D eigenvalue weighted by molar-refractivity contribution is 0.0746. The zero-order valence-electron chi connectivity index (χ0n) is 9.56. The van der Waals surface area contributed by atoms with Gasteiger partial charge in [0.05, 0.1) is 17.3 Å². The first-order valence-electron chi connectivity index (χ1n) is 5.05. The fourth-order valence-electron chi connectivity index (χ4n) is 1.43. The molecular weight excluding hydrogens is 224 g/mol. The van der Waals surface area contributed by atoms with E-state index in [0.29, 0.717) is 18.0 Å². The minimum absolute atomic E-state index is 0.0452. The standard InChI is InChI=1S/C11H16N2O2S/c1-4-5-13(6-7-14)11(15)10-8(2)12-9(3)16-10/h4,14H,1,5-7H2,2-3H3. The summed E-state index contributed by atoms with van der Waals surface area (Å²) >= 11 is 1.38. The van der Waals surface area contributed by atoms with E-state index in [1.807, 2.05) is 13.8 Å². The van der Waals surface area contributed by atoms with E-state index in [4.69, 9.17) is 5.11 Å². The van der Waals surface area contributed by atoms with Crippen LogP contribution < -0.4 is 0 Å². The van der Waals surface area contributed by atoms with Gasteiger partial charge in [-0.1, -0.05) is 6.08 Å². The van der Waals surface area contributed by atoms with E-state index >= 15 is 0 Å². The van der Waals surface area contributed by atoms with Crippen molar-refractivity contribution in [3.8, 4) is 0 Å². The van der Waals surface area contributed by atoms with Crippen LogP contribution in [0.25, 0.3) is 0 Å². The lowest BCUT2D eigenvalue weighted by atomic mass is 10.3. The van der Waals surface area contributed by atoms with Crippen LogP contribution in [0.4, 0.5) is 0 Å². The summed E-state index contributed by atoms with van der Waals surface area (Å²) in [6, 6.07) is 0. The molecular formula is C11H16N2O2S. The Morgan fingerprint density at radius 3 is 2.75 bits per heavy atom. The van der Waals surface area contributed by atoms with E-state index in [1.54, 1.807) is 11.0 Å². The molecule has 0 aliphatic heterocycles. The SMILES string of the molecule is C=CCN(CCO)C(=O)c1sc(C)nc1C. The second-order valence-corrected chi connectivity index (χ2v) is 4.61. The van der Waals surface area contributed by atoms with Crippen molar-refractivity contribution in [2.24, 2.45) is 0 Å². The van der Waals surface area contributed by atoms with Crippen LogP contribution in [-0.2, 0) is 0 Å². The van der Waals surface area contributed by atoms with E-state index in [-0.39, 0.29) is 12.5 Å². The Morgan fingerprint density at radius 2 is 2.31 bits per heavy atom. The summed E-state index contributed by atoms with van der Waals surface area (Å²) in [5.74, 6) is -0.0861. The maximum atomic E-state index is 12.1. The highest BCUT2D eigenvalue weighted by atomic mass is 32.1. The number of aliphatic hydroxyl groups excluding tert-OH is 1. The van der Waals surface area contributed by atoms with E-state index < -0.39 is 0 Å². The second kappa shape index (κ2) is 5.77. The van der Waals surface area contributed by atoms with Gasteiger partial charge in [-0.2, -0.15) is 0 Å². The van der Waals surface area contributed by atoms with Gasteiger partial charge in [0.25, 0.3) is 5.91 Å². The Labute approximate surface area is 99.2 Å². The van der Waals surface area contributed by atoms with Crippen molar-refractivity contribution >= 4 is 17.2 Å². The number of amides is 1. The summed E-state index contributed by atoms with van der Waals surface area (Å²) in [4.78, 5) is 18.5. The van der Waals surface area contributed by atoms with Crippen LogP contribution in [0, 0.1) is 13.8 Å². The van der Waals surface area contributed by atoms with Gasteiger partial charge in [-0.15, -0.1) is 17.9 Å². The summed E-state index contributed by atoms with van der Waals surface area (Å²) in [7, 11) is 0. The quantitative estimate of drug-likeness (QED) is 0.791. The maximum absolute atomic E-state index is 12.1. The lowest BCUT2D eigenvalue weighted by Gasteiger charge is -2.19. The van der Waals surface area contributed by atoms with Crippen molar-refractivity contribution in [1.82, 2.24) is 9.88 Å². The largest absolute Gasteiger partial charge is 0.395 e. The molecule has 0 aliphatic carbocycles. The summed E-state index contributed by atoms with van der Waals surface area (Å²) < 4.78 is 0. The van der Waals surface area contributed by atoms with E-state index in [9.17, 15) is 4.79 Å². The average Bonchev–Trinajstić information content (AvgIpc) is 2.56. The van der Waals surface area contributed by atoms with Crippen molar-refractivity contribution in [1.29, 1.82) is 0 Å². The van der Waals surface area contributed by atoms with Gasteiger partial charge in [0, 0.05) is 13.1 Å². The Bertz CT molecular complexity index is 387. The summed E-state index contributed by atoms with van der Waals surface area (Å²) in [6.07, 6.45) is 1.65. The number of hydrogen-bond acceptors (Lipinski definition) is 4. The third-order valence-corrected chi connectivity index (χ3v) is 3.17. The number of carbonyl (C=O) groups excluding carboxylic acids is 1. The molecule has 0 unspecified atom stereocenters. The molecule has 0 saturated heterocycles. The van der Waals surface area contributed by atoms with Crippen LogP contribution in [0.15, 0.2) is 12.7 Å². The minimum atomic E-state index is -0.0861. The molecule has 1 N–H and O–H groups in total. The zero-order chi connectivity index (χ0) is 12.1. The number of nitrogens with zero attached hydrogens (tertiary/aromatic N) is 2. The van der Waals surface area contributed by atoms with Gasteiger partial charge in [0.2, 0.25) is 0 Å². The van der Waals surface area contributed by atoms with Crippen LogP contribution >= 0.6 is 11.3 Å². The highest BCUT2D eigenvalue weighted by molar-refractivity contribution is 7.13. The minimum Gasteiger partial charge on any atom is -0.395 e. The fourth-order valence-corrected chi connectivity index (χ4v) is 2.31. The van der Waals surface area contributed by atoms with E-state index in [0.717, 1.165) is 10.7 Å². The zero-order valence-corrected chi connectivity index (χ0v) is 10.4. The van der Waals surface area contributed by atoms with Crippen molar-refractivity contribution in [2.75, 3.05) is 19.7 Å². The van der Waals surface area contributed by atoms with Gasteiger partial charge in [0.15, 0.2) is 0 Å². The van der Waals surface area contributed by atoms with Crippen molar-refractivity contribution in [2.45, 2.75) is 13.8 Å². The molecule has 1 rings (SSSR count). The Hall–Kier alpha value is -1.20. The van der Waals surface area contributed by atoms with Gasteiger partial charge in [0.1, 0.15) is 4.88 Å². The number of aromatic nitrogens is 1. The van der Waals surface area contributed by atoms with E-state index in [1.165, 1.54) is 11.3 Å². The summed E-state index contributed by atoms with van der Waals surface area (Å²) in [6.45, 7) is 8.01. The summed E-state index contributed by atoms with van der Waals surface area (Å²) in [5, 5.41) is 9.77. The normalized spacial score (nSPS) is 10.2. The monoisotopic (exact) mass is 240 g/mol. The Morgan fingerprint density at radius 1 is 1.62 bits per heavy atom. The molecule has 0 aromatic carbocycles. The third-order valence-electron chi connectivity index (χ3n) is 2.10. The molecule has 0 radical (unpaired) electrons. The third kappa shape index (κ3) is 2.90. The Kier molecular flexibility index (Phi) is 4.64. The molecule has 1 aromatic rings. The average molecular weight is 240 g/mol. The molecule has 4 nitrogen and oxygen atoms in total. The molecule has 0 fully saturated rings. The summed E-state index contributed by atoms with van der Waals surface area (Å²) in [5.41, 5.74) is 0.750. The maximum Gasteiger partial charge on any atom is 0.266 e. The second-order valence-electron chi connectivity index (χ2n) is 3.41. The van der Waals surface area contributed by atoms with Crippen molar-refractivity contribution in [3.05, 3.63) is 28.2 Å². The predicted octanol–water partition coefficient (Wildman–Crippen LogP) is 1.38. The molecule has 1 amide bonds. The van der Waals surface area contributed by atoms with Crippen LogP contribution in [0.1, 0.15) is 20.4 Å². The molecule has 0 bridgehead atoms. The molecule has 0 saturated carbocycles. The van der Waals surface area contributed by atoms with Crippen LogP contribution in [0.3, 0.4) is 0 Å². The van der Waals surface area contributed by atoms with Crippen molar-refractivity contribution < 1.29 is 9.90 Å². The number of hydrogen-bond donors (Lipinski definition) is 1. The number of thiazole rings is 1. The highest BCUT2D eigenvalue weighted by Gasteiger charge is 2.19. The molecule has 88 valence electrons. The molecule has 1 heterocycles. The van der Waals surface area contributed by atoms with E-state index in [2.05, 4.69) is 11.6 Å². The van der Waals surface area contributed by atoms with Gasteiger partial charge in [-0.25, -0.2) is 4.98 Å². The number of carbonyl (C=O) groups is 1. The highest BCUT2D eigenvalue weighted by Crippen LogP contribution is 2.19. The number of aryl methyl sites for hydroxylation is 2. The molecule has 1 aromatic heterocycles. The first kappa shape index (κ1) is 12.9. The molecule has 5 heteroatoms. The molecule has 0 spiro atoms. The van der Waals surface area contributed by atoms with Crippen LogP contribution in [-0.4, -0.2) is 40.6 Å². The Balaban J connectivity index is 2.89. The fraction of sp³-hybridized carbons (Fsp3) is 0.455. The first-order chi connectivity index (χ1) is 7.60. The molecule has 0 aliphatic rings. The predicted molar refractivity (Wildman–Crippen MR) is 64.8 cm³/mol. The molecule has 16 heavy (non-hydrogen) atoms. The van der Waals surface area contributed by atoms with Crippen LogP contribution in [0.5, 0.6) is 0 Å². The first-order valence-corrected chi connectivity index (χ1v) is 5.86. The topological polar surface area (TPSA) is 53.4 Å². The van der Waals surface area contributed by atoms with Crippen LogP contribution in [0.2, 0.25) is 0 Å². The van der Waals surface area contributed by atoms with Gasteiger partial charge < -0.3 is 10.0 Å². The molecule has 0 atom stereocenters. The number of rotatable bonds is 5. The lowest BCUT2D eigenvalue weighted by Crippen LogP contribution is -2.33. The van der Waals surface area contributed by atoms with Gasteiger partial charge >= 0.3 is 0 Å². The smallest absolute Gasteiger partial charge is 0.266 e.